The van der Waals surface area contributed by atoms with Gasteiger partial charge in [-0.05, 0) is 42.9 Å². The first kappa shape index (κ1) is 13.9. The fraction of sp³-hybridized carbons (Fsp3) is 0.562. The molecule has 0 radical (unpaired) electrons. The van der Waals surface area contributed by atoms with Crippen LogP contribution in [0.4, 0.5) is 0 Å². The summed E-state index contributed by atoms with van der Waals surface area (Å²) in [6.07, 6.45) is 3.99. The summed E-state index contributed by atoms with van der Waals surface area (Å²) in [6.45, 7) is 2.13. The smallest absolute Gasteiger partial charge is 0.118 e. The second kappa shape index (κ2) is 6.58. The van der Waals surface area contributed by atoms with Crippen molar-refractivity contribution in [3.05, 3.63) is 29.8 Å². The number of nitriles is 1. The Morgan fingerprint density at radius 3 is 2.58 bits per heavy atom. The van der Waals surface area contributed by atoms with Gasteiger partial charge in [-0.2, -0.15) is 5.26 Å². The molecule has 0 bridgehead atoms. The summed E-state index contributed by atoms with van der Waals surface area (Å²) in [5.41, 5.74) is 1.40. The molecule has 0 spiro atoms. The summed E-state index contributed by atoms with van der Waals surface area (Å²) in [5.74, 6) is 1.57. The minimum Gasteiger partial charge on any atom is -0.497 e. The third-order valence-corrected chi connectivity index (χ3v) is 4.03. The fourth-order valence-corrected chi connectivity index (χ4v) is 2.67. The van der Waals surface area contributed by atoms with E-state index in [4.69, 9.17) is 10.00 Å². The van der Waals surface area contributed by atoms with Crippen LogP contribution in [0.25, 0.3) is 0 Å². The molecule has 1 aromatic rings. The average Bonchev–Trinajstić information content (AvgIpc) is 2.41. The third-order valence-electron chi connectivity index (χ3n) is 4.03. The van der Waals surface area contributed by atoms with Crippen molar-refractivity contribution in [2.24, 2.45) is 0 Å². The van der Waals surface area contributed by atoms with E-state index in [1.807, 2.05) is 12.1 Å². The Labute approximate surface area is 115 Å². The Bertz CT molecular complexity index is 429. The normalized spacial score (nSPS) is 23.2. The minimum atomic E-state index is 0.354. The van der Waals surface area contributed by atoms with Crippen molar-refractivity contribution in [1.82, 2.24) is 5.32 Å². The van der Waals surface area contributed by atoms with Gasteiger partial charge in [0.1, 0.15) is 5.75 Å². The molecular weight excluding hydrogens is 236 g/mol. The lowest BCUT2D eigenvalue weighted by Crippen LogP contribution is -2.45. The van der Waals surface area contributed by atoms with Gasteiger partial charge in [-0.3, -0.25) is 0 Å². The lowest BCUT2D eigenvalue weighted by Gasteiger charge is -2.38. The van der Waals surface area contributed by atoms with Gasteiger partial charge in [0.2, 0.25) is 0 Å². The van der Waals surface area contributed by atoms with Crippen LogP contribution in [0.1, 0.15) is 44.1 Å². The third kappa shape index (κ3) is 3.48. The van der Waals surface area contributed by atoms with Crippen LogP contribution < -0.4 is 10.1 Å². The lowest BCUT2D eigenvalue weighted by atomic mass is 9.75. The molecule has 1 aliphatic rings. The van der Waals surface area contributed by atoms with Crippen LogP contribution in [0.3, 0.4) is 0 Å². The molecule has 19 heavy (non-hydrogen) atoms. The summed E-state index contributed by atoms with van der Waals surface area (Å²) in [4.78, 5) is 0. The van der Waals surface area contributed by atoms with E-state index in [1.165, 1.54) is 18.4 Å². The van der Waals surface area contributed by atoms with Gasteiger partial charge >= 0.3 is 0 Å². The predicted octanol–water partition coefficient (Wildman–Crippen LogP) is 3.22. The monoisotopic (exact) mass is 258 g/mol. The topological polar surface area (TPSA) is 45.0 Å². The number of rotatable bonds is 6. The lowest BCUT2D eigenvalue weighted by molar-refractivity contribution is 0.262. The number of hydrogen-bond acceptors (Lipinski definition) is 3. The van der Waals surface area contributed by atoms with E-state index in [0.717, 1.165) is 12.2 Å². The van der Waals surface area contributed by atoms with Crippen molar-refractivity contribution in [3.8, 4) is 11.8 Å². The van der Waals surface area contributed by atoms with E-state index in [1.54, 1.807) is 7.11 Å². The zero-order valence-corrected chi connectivity index (χ0v) is 11.7. The molecule has 3 nitrogen and oxygen atoms in total. The molecule has 1 fully saturated rings. The van der Waals surface area contributed by atoms with Gasteiger partial charge in [-0.1, -0.05) is 19.1 Å². The molecule has 0 heterocycles. The van der Waals surface area contributed by atoms with Crippen LogP contribution >= 0.6 is 0 Å². The number of nitrogens with zero attached hydrogens (tertiary/aromatic N) is 1. The molecular formula is C16H22N2O. The second-order valence-corrected chi connectivity index (χ2v) is 5.27. The molecule has 1 aliphatic carbocycles. The first-order chi connectivity index (χ1) is 9.26. The Kier molecular flexibility index (Phi) is 4.81. The quantitative estimate of drug-likeness (QED) is 0.852. The largest absolute Gasteiger partial charge is 0.497 e. The van der Waals surface area contributed by atoms with Gasteiger partial charge in [0.25, 0.3) is 0 Å². The van der Waals surface area contributed by atoms with E-state index in [2.05, 4.69) is 30.4 Å². The summed E-state index contributed by atoms with van der Waals surface area (Å²) in [5, 5.41) is 12.3. The highest BCUT2D eigenvalue weighted by molar-refractivity contribution is 5.30. The first-order valence-corrected chi connectivity index (χ1v) is 7.03. The van der Waals surface area contributed by atoms with Gasteiger partial charge in [0, 0.05) is 12.1 Å². The van der Waals surface area contributed by atoms with Crippen molar-refractivity contribution in [3.63, 3.8) is 0 Å². The summed E-state index contributed by atoms with van der Waals surface area (Å²) in [7, 11) is 1.69. The molecule has 102 valence electrons. The van der Waals surface area contributed by atoms with Gasteiger partial charge in [0.05, 0.1) is 19.6 Å². The fourth-order valence-electron chi connectivity index (χ4n) is 2.67. The molecule has 1 unspecified atom stereocenters. The molecule has 1 saturated carbocycles. The van der Waals surface area contributed by atoms with Crippen molar-refractivity contribution >= 4 is 0 Å². The van der Waals surface area contributed by atoms with Crippen molar-refractivity contribution < 1.29 is 4.74 Å². The SMILES string of the molecule is CCC(CC#N)NC1CC(c2ccc(OC)cc2)C1. The summed E-state index contributed by atoms with van der Waals surface area (Å²) >= 11 is 0. The molecule has 0 aromatic heterocycles. The summed E-state index contributed by atoms with van der Waals surface area (Å²) < 4.78 is 5.17. The van der Waals surface area contributed by atoms with Crippen LogP contribution in [-0.2, 0) is 0 Å². The maximum Gasteiger partial charge on any atom is 0.118 e. The number of benzene rings is 1. The Balaban J connectivity index is 1.80. The van der Waals surface area contributed by atoms with Crippen LogP contribution in [0, 0.1) is 11.3 Å². The molecule has 1 atom stereocenters. The van der Waals surface area contributed by atoms with E-state index in [0.29, 0.717) is 24.4 Å². The van der Waals surface area contributed by atoms with Crippen molar-refractivity contribution in [2.75, 3.05) is 7.11 Å². The van der Waals surface area contributed by atoms with Crippen molar-refractivity contribution in [2.45, 2.75) is 50.6 Å². The van der Waals surface area contributed by atoms with Crippen molar-refractivity contribution in [1.29, 1.82) is 5.26 Å². The highest BCUT2D eigenvalue weighted by Crippen LogP contribution is 2.37. The Hall–Kier alpha value is -1.53. The standard InChI is InChI=1S/C16H22N2O/c1-3-14(8-9-17)18-15-10-13(11-15)12-4-6-16(19-2)7-5-12/h4-7,13-15,18H,3,8,10-11H2,1-2H3. The van der Waals surface area contributed by atoms with Gasteiger partial charge in [-0.25, -0.2) is 0 Å². The molecule has 0 saturated heterocycles. The summed E-state index contributed by atoms with van der Waals surface area (Å²) in [6, 6.07) is 11.6. The maximum atomic E-state index is 8.75. The molecule has 3 heteroatoms. The van der Waals surface area contributed by atoms with Crippen LogP contribution in [0.15, 0.2) is 24.3 Å². The number of methoxy groups -OCH3 is 1. The van der Waals surface area contributed by atoms with E-state index in [9.17, 15) is 0 Å². The highest BCUT2D eigenvalue weighted by atomic mass is 16.5. The van der Waals surface area contributed by atoms with Gasteiger partial charge in [0.15, 0.2) is 0 Å². The number of nitrogens with one attached hydrogen (secondary N) is 1. The Morgan fingerprint density at radius 2 is 2.05 bits per heavy atom. The van der Waals surface area contributed by atoms with E-state index in [-0.39, 0.29) is 0 Å². The van der Waals surface area contributed by atoms with Gasteiger partial charge in [-0.15, -0.1) is 0 Å². The minimum absolute atomic E-state index is 0.354. The zero-order chi connectivity index (χ0) is 13.7. The van der Waals surface area contributed by atoms with Crippen LogP contribution in [0.5, 0.6) is 5.75 Å². The molecule has 0 aliphatic heterocycles. The average molecular weight is 258 g/mol. The molecule has 0 amide bonds. The molecule has 2 rings (SSSR count). The zero-order valence-electron chi connectivity index (χ0n) is 11.7. The van der Waals surface area contributed by atoms with E-state index < -0.39 is 0 Å². The van der Waals surface area contributed by atoms with Crippen LogP contribution in [-0.4, -0.2) is 19.2 Å². The van der Waals surface area contributed by atoms with Gasteiger partial charge < -0.3 is 10.1 Å². The first-order valence-electron chi connectivity index (χ1n) is 7.03. The number of ether oxygens (including phenoxy) is 1. The van der Waals surface area contributed by atoms with E-state index >= 15 is 0 Å². The maximum absolute atomic E-state index is 8.75. The highest BCUT2D eigenvalue weighted by Gasteiger charge is 2.31. The molecule has 1 N–H and O–H groups in total. The molecule has 1 aromatic carbocycles. The Morgan fingerprint density at radius 1 is 1.37 bits per heavy atom. The predicted molar refractivity (Wildman–Crippen MR) is 76.2 cm³/mol. The van der Waals surface area contributed by atoms with Crippen LogP contribution in [0.2, 0.25) is 0 Å². The number of hydrogen-bond donors (Lipinski definition) is 1. The second-order valence-electron chi connectivity index (χ2n) is 5.27.